The lowest BCUT2D eigenvalue weighted by Crippen LogP contribution is -2.40. The van der Waals surface area contributed by atoms with E-state index in [2.05, 4.69) is 53.7 Å². The highest BCUT2D eigenvalue weighted by atomic mass is 16.3. The van der Waals surface area contributed by atoms with Crippen molar-refractivity contribution < 1.29 is 9.90 Å². The van der Waals surface area contributed by atoms with Gasteiger partial charge in [0.05, 0.1) is 12.1 Å². The second-order valence-electron chi connectivity index (χ2n) is 9.05. The molecule has 29 heavy (non-hydrogen) atoms. The first-order chi connectivity index (χ1) is 13.6. The third-order valence-electron chi connectivity index (χ3n) is 5.88. The number of aliphatic hydroxyl groups excluding tert-OH is 1. The maximum atomic E-state index is 13.7. The van der Waals surface area contributed by atoms with E-state index in [4.69, 9.17) is 0 Å². The third kappa shape index (κ3) is 5.08. The largest absolute Gasteiger partial charge is 0.386 e. The zero-order chi connectivity index (χ0) is 21.9. The second-order valence-corrected chi connectivity index (χ2v) is 9.05. The average molecular weight is 396 g/mol. The quantitative estimate of drug-likeness (QED) is 0.602. The van der Waals surface area contributed by atoms with Gasteiger partial charge in [-0.25, -0.2) is 0 Å². The van der Waals surface area contributed by atoms with E-state index in [0.717, 1.165) is 22.3 Å². The van der Waals surface area contributed by atoms with Crippen molar-refractivity contribution in [2.75, 3.05) is 7.05 Å². The van der Waals surface area contributed by atoms with Crippen LogP contribution in [0.4, 0.5) is 0 Å². The van der Waals surface area contributed by atoms with Crippen molar-refractivity contribution in [3.05, 3.63) is 70.3 Å². The Bertz CT molecular complexity index is 795. The van der Waals surface area contributed by atoms with Crippen LogP contribution in [0.2, 0.25) is 0 Å². The van der Waals surface area contributed by atoms with Gasteiger partial charge in [-0.3, -0.25) is 4.79 Å². The molecule has 3 nitrogen and oxygen atoms in total. The highest BCUT2D eigenvalue weighted by Gasteiger charge is 2.29. The monoisotopic (exact) mass is 395 g/mol. The van der Waals surface area contributed by atoms with Crippen LogP contribution in [0, 0.1) is 0 Å². The predicted molar refractivity (Wildman–Crippen MR) is 122 cm³/mol. The fourth-order valence-electron chi connectivity index (χ4n) is 3.70. The molecule has 0 fully saturated rings. The zero-order valence-corrected chi connectivity index (χ0v) is 19.2. The summed E-state index contributed by atoms with van der Waals surface area (Å²) >= 11 is 0. The number of hydrogen-bond donors (Lipinski definition) is 1. The van der Waals surface area contributed by atoms with E-state index < -0.39 is 6.10 Å². The van der Waals surface area contributed by atoms with Crippen molar-refractivity contribution in [3.63, 3.8) is 0 Å². The molecular formula is C26H37NO2. The van der Waals surface area contributed by atoms with Crippen LogP contribution < -0.4 is 0 Å². The van der Waals surface area contributed by atoms with Gasteiger partial charge in [-0.2, -0.15) is 0 Å². The molecule has 1 N–H and O–H groups in total. The molecule has 0 spiro atoms. The summed E-state index contributed by atoms with van der Waals surface area (Å²) < 4.78 is 0. The summed E-state index contributed by atoms with van der Waals surface area (Å²) in [6.45, 7) is 14.9. The van der Waals surface area contributed by atoms with E-state index in [1.54, 1.807) is 11.9 Å². The molecule has 0 saturated heterocycles. The van der Waals surface area contributed by atoms with Crippen LogP contribution in [0.15, 0.2) is 42.5 Å². The van der Waals surface area contributed by atoms with Crippen LogP contribution >= 0.6 is 0 Å². The molecule has 0 heterocycles. The highest BCUT2D eigenvalue weighted by Crippen LogP contribution is 2.33. The maximum absolute atomic E-state index is 13.7. The fourth-order valence-corrected chi connectivity index (χ4v) is 3.70. The van der Waals surface area contributed by atoms with Crippen LogP contribution in [0.25, 0.3) is 0 Å². The first-order valence-electron chi connectivity index (χ1n) is 10.7. The van der Waals surface area contributed by atoms with Gasteiger partial charge in [-0.05, 0) is 46.9 Å². The Labute approximate surface area is 176 Å². The first kappa shape index (κ1) is 23.2. The summed E-state index contributed by atoms with van der Waals surface area (Å²) in [6.07, 6.45) is -0.731. The smallest absolute Gasteiger partial charge is 0.254 e. The maximum Gasteiger partial charge on any atom is 0.254 e. The summed E-state index contributed by atoms with van der Waals surface area (Å²) in [5.41, 5.74) is 5.09. The molecule has 158 valence electrons. The van der Waals surface area contributed by atoms with Crippen molar-refractivity contribution in [1.29, 1.82) is 0 Å². The minimum absolute atomic E-state index is 0.0183. The molecule has 1 amide bonds. The summed E-state index contributed by atoms with van der Waals surface area (Å²) in [5.74, 6) is 0.877. The summed E-state index contributed by atoms with van der Waals surface area (Å²) in [7, 11) is 1.80. The van der Waals surface area contributed by atoms with E-state index in [-0.39, 0.29) is 23.8 Å². The Hall–Kier alpha value is -2.13. The van der Waals surface area contributed by atoms with E-state index in [9.17, 15) is 9.90 Å². The lowest BCUT2D eigenvalue weighted by atomic mass is 9.83. The van der Waals surface area contributed by atoms with Gasteiger partial charge in [0.15, 0.2) is 0 Å². The molecule has 0 bridgehead atoms. The van der Waals surface area contributed by atoms with Gasteiger partial charge in [0.1, 0.15) is 0 Å². The number of nitrogens with zero attached hydrogens (tertiary/aromatic N) is 1. The SMILES string of the molecule is CC(C)c1cc(C(C)C)c(C(=O)N(C)[C@@H](C)[C@@H](O)c2ccccc2)c(C(C)C)c1. The third-order valence-corrected chi connectivity index (χ3v) is 5.88. The van der Waals surface area contributed by atoms with Crippen LogP contribution in [0.5, 0.6) is 0 Å². The molecule has 0 unspecified atom stereocenters. The van der Waals surface area contributed by atoms with E-state index in [1.165, 1.54) is 5.56 Å². The van der Waals surface area contributed by atoms with Gasteiger partial charge in [-0.1, -0.05) is 84.0 Å². The van der Waals surface area contributed by atoms with Crippen molar-refractivity contribution in [3.8, 4) is 0 Å². The van der Waals surface area contributed by atoms with Crippen molar-refractivity contribution >= 4 is 5.91 Å². The second kappa shape index (κ2) is 9.58. The van der Waals surface area contributed by atoms with Crippen molar-refractivity contribution in [2.45, 2.75) is 78.4 Å². The lowest BCUT2D eigenvalue weighted by Gasteiger charge is -2.32. The summed E-state index contributed by atoms with van der Waals surface area (Å²) in [6, 6.07) is 13.6. The Morgan fingerprint density at radius 3 is 1.69 bits per heavy atom. The number of carbonyl (C=O) groups is 1. The normalized spacial score (nSPS) is 13.8. The van der Waals surface area contributed by atoms with Gasteiger partial charge >= 0.3 is 0 Å². The van der Waals surface area contributed by atoms with Crippen molar-refractivity contribution in [1.82, 2.24) is 4.90 Å². The summed E-state index contributed by atoms with van der Waals surface area (Å²) in [4.78, 5) is 15.4. The molecular weight excluding hydrogens is 358 g/mol. The minimum atomic E-state index is -0.731. The average Bonchev–Trinajstić information content (AvgIpc) is 2.70. The van der Waals surface area contributed by atoms with E-state index >= 15 is 0 Å². The van der Waals surface area contributed by atoms with Gasteiger partial charge < -0.3 is 10.0 Å². The molecule has 2 rings (SSSR count). The predicted octanol–water partition coefficient (Wildman–Crippen LogP) is 6.25. The van der Waals surface area contributed by atoms with Gasteiger partial charge in [0.25, 0.3) is 5.91 Å². The van der Waals surface area contributed by atoms with Gasteiger partial charge in [0.2, 0.25) is 0 Å². The van der Waals surface area contributed by atoms with Crippen LogP contribution in [-0.4, -0.2) is 29.0 Å². The molecule has 0 aromatic heterocycles. The lowest BCUT2D eigenvalue weighted by molar-refractivity contribution is 0.0484. The Kier molecular flexibility index (Phi) is 7.65. The van der Waals surface area contributed by atoms with Gasteiger partial charge in [0, 0.05) is 12.6 Å². The zero-order valence-electron chi connectivity index (χ0n) is 19.2. The molecule has 0 radical (unpaired) electrons. The highest BCUT2D eigenvalue weighted by molar-refractivity contribution is 5.98. The molecule has 2 atom stereocenters. The number of rotatable bonds is 7. The number of aliphatic hydroxyl groups is 1. The van der Waals surface area contributed by atoms with Gasteiger partial charge in [-0.15, -0.1) is 0 Å². The fraction of sp³-hybridized carbons (Fsp3) is 0.500. The van der Waals surface area contributed by atoms with Crippen LogP contribution in [0.1, 0.15) is 105 Å². The van der Waals surface area contributed by atoms with Crippen LogP contribution in [0.3, 0.4) is 0 Å². The molecule has 2 aromatic rings. The first-order valence-corrected chi connectivity index (χ1v) is 10.7. The van der Waals surface area contributed by atoms with E-state index in [0.29, 0.717) is 5.92 Å². The molecule has 0 saturated carbocycles. The molecule has 0 aliphatic heterocycles. The minimum Gasteiger partial charge on any atom is -0.386 e. The Morgan fingerprint density at radius 1 is 0.793 bits per heavy atom. The van der Waals surface area contributed by atoms with Crippen molar-refractivity contribution in [2.24, 2.45) is 0 Å². The molecule has 2 aromatic carbocycles. The van der Waals surface area contributed by atoms with E-state index in [1.807, 2.05) is 37.3 Å². The number of hydrogen-bond acceptors (Lipinski definition) is 2. The topological polar surface area (TPSA) is 40.5 Å². The Morgan fingerprint density at radius 2 is 1.28 bits per heavy atom. The number of likely N-dealkylation sites (N-methyl/N-ethyl adjacent to an activating group) is 1. The number of benzene rings is 2. The number of amides is 1. The molecule has 0 aliphatic carbocycles. The molecule has 0 aliphatic rings. The van der Waals surface area contributed by atoms with Crippen LogP contribution in [-0.2, 0) is 0 Å². The molecule has 3 heteroatoms. The standard InChI is InChI=1S/C26H37NO2/c1-16(2)21-14-22(17(3)4)24(23(15-21)18(5)6)26(29)27(8)19(7)25(28)20-12-10-9-11-13-20/h9-19,25,28H,1-8H3/t19-,25+/m0/s1. The summed E-state index contributed by atoms with van der Waals surface area (Å²) in [5, 5.41) is 10.8. The number of carbonyl (C=O) groups excluding carboxylic acids is 1. The Balaban J connectivity index is 2.50.